The molecule has 120 valence electrons. The van der Waals surface area contributed by atoms with Gasteiger partial charge in [-0.3, -0.25) is 14.9 Å². The van der Waals surface area contributed by atoms with E-state index in [1.54, 1.807) is 25.1 Å². The fraction of sp³-hybridized carbons (Fsp3) is 0.125. The third kappa shape index (κ3) is 2.83. The summed E-state index contributed by atoms with van der Waals surface area (Å²) in [5.74, 6) is 0.269. The average molecular weight is 324 g/mol. The van der Waals surface area contributed by atoms with Gasteiger partial charge in [-0.1, -0.05) is 0 Å². The Morgan fingerprint density at radius 1 is 1.33 bits per heavy atom. The Balaban J connectivity index is 1.93. The summed E-state index contributed by atoms with van der Waals surface area (Å²) in [5.41, 5.74) is 1.27. The number of hydrogen-bond acceptors (Lipinski definition) is 6. The molecule has 24 heavy (non-hydrogen) atoms. The van der Waals surface area contributed by atoms with Crippen LogP contribution in [0.25, 0.3) is 0 Å². The van der Waals surface area contributed by atoms with Crippen LogP contribution in [-0.2, 0) is 4.79 Å². The van der Waals surface area contributed by atoms with Crippen LogP contribution in [0.3, 0.4) is 0 Å². The summed E-state index contributed by atoms with van der Waals surface area (Å²) in [6.45, 7) is 1.64. The zero-order valence-corrected chi connectivity index (χ0v) is 12.6. The molecule has 3 rings (SSSR count). The van der Waals surface area contributed by atoms with Crippen LogP contribution >= 0.6 is 0 Å². The van der Waals surface area contributed by atoms with Crippen LogP contribution in [0.5, 0.6) is 5.75 Å². The third-order valence-corrected chi connectivity index (χ3v) is 3.51. The molecule has 1 heterocycles. The third-order valence-electron chi connectivity index (χ3n) is 3.51. The van der Waals surface area contributed by atoms with Gasteiger partial charge in [-0.2, -0.15) is 5.26 Å². The Bertz CT molecular complexity index is 888. The lowest BCUT2D eigenvalue weighted by Crippen LogP contribution is -2.34. The summed E-state index contributed by atoms with van der Waals surface area (Å²) >= 11 is 0. The second-order valence-corrected chi connectivity index (χ2v) is 5.19. The fourth-order valence-electron chi connectivity index (χ4n) is 2.30. The summed E-state index contributed by atoms with van der Waals surface area (Å²) in [5, 5.41) is 25.7. The van der Waals surface area contributed by atoms with Crippen molar-refractivity contribution in [2.75, 3.05) is 10.6 Å². The molecule has 0 unspecified atom stereocenters. The number of benzene rings is 2. The predicted octanol–water partition coefficient (Wildman–Crippen LogP) is 2.93. The quantitative estimate of drug-likeness (QED) is 0.662. The first kappa shape index (κ1) is 15.3. The molecule has 1 aliphatic heterocycles. The predicted molar refractivity (Wildman–Crippen MR) is 86.3 cm³/mol. The second kappa shape index (κ2) is 5.89. The molecular weight excluding hydrogens is 312 g/mol. The van der Waals surface area contributed by atoms with E-state index in [-0.39, 0.29) is 22.8 Å². The number of fused-ring (bicyclic) bond motifs is 1. The standard InChI is InChI=1S/C16H12N4O4/c1-9-16(21)19-13-7-11(3-5-15(13)24-9)18-12-4-2-10(8-17)6-14(12)20(22)23/h2-7,9,18H,1H3,(H,19,21)/t9-/m1/s1. The van der Waals surface area contributed by atoms with Crippen molar-refractivity contribution < 1.29 is 14.5 Å². The van der Waals surface area contributed by atoms with Crippen molar-refractivity contribution in [3.8, 4) is 11.8 Å². The monoisotopic (exact) mass is 324 g/mol. The molecule has 2 aromatic rings. The SMILES string of the molecule is C[C@H]1Oc2ccc(Nc3ccc(C#N)cc3[N+](=O)[O-])cc2NC1=O. The largest absolute Gasteiger partial charge is 0.479 e. The van der Waals surface area contributed by atoms with E-state index in [0.29, 0.717) is 17.1 Å². The highest BCUT2D eigenvalue weighted by molar-refractivity contribution is 5.98. The molecule has 0 spiro atoms. The van der Waals surface area contributed by atoms with Gasteiger partial charge in [0.1, 0.15) is 11.4 Å². The normalized spacial score (nSPS) is 15.5. The van der Waals surface area contributed by atoms with Crippen LogP contribution in [0.1, 0.15) is 12.5 Å². The van der Waals surface area contributed by atoms with Crippen molar-refractivity contribution in [1.29, 1.82) is 5.26 Å². The van der Waals surface area contributed by atoms with E-state index in [0.717, 1.165) is 0 Å². The van der Waals surface area contributed by atoms with Gasteiger partial charge >= 0.3 is 0 Å². The molecule has 0 aliphatic carbocycles. The minimum Gasteiger partial charge on any atom is -0.479 e. The number of amides is 1. The molecule has 1 aliphatic rings. The first-order valence-electron chi connectivity index (χ1n) is 7.05. The van der Waals surface area contributed by atoms with Gasteiger partial charge < -0.3 is 15.4 Å². The Hall–Kier alpha value is -3.60. The maximum absolute atomic E-state index is 11.7. The van der Waals surface area contributed by atoms with Crippen molar-refractivity contribution in [3.05, 3.63) is 52.1 Å². The van der Waals surface area contributed by atoms with Crippen molar-refractivity contribution in [3.63, 3.8) is 0 Å². The Morgan fingerprint density at radius 2 is 2.12 bits per heavy atom. The van der Waals surface area contributed by atoms with Crippen molar-refractivity contribution >= 4 is 28.7 Å². The first-order chi connectivity index (χ1) is 11.5. The lowest BCUT2D eigenvalue weighted by atomic mass is 10.1. The molecule has 0 radical (unpaired) electrons. The van der Waals surface area contributed by atoms with Gasteiger partial charge in [0.25, 0.3) is 11.6 Å². The zero-order chi connectivity index (χ0) is 17.3. The number of nitrogens with zero attached hydrogens (tertiary/aromatic N) is 2. The van der Waals surface area contributed by atoms with Gasteiger partial charge in [-0.25, -0.2) is 0 Å². The van der Waals surface area contributed by atoms with Crippen LogP contribution in [-0.4, -0.2) is 16.9 Å². The Morgan fingerprint density at radius 3 is 2.83 bits per heavy atom. The number of nitrogens with one attached hydrogen (secondary N) is 2. The molecule has 1 amide bonds. The summed E-state index contributed by atoms with van der Waals surface area (Å²) in [6.07, 6.45) is -0.573. The number of hydrogen-bond donors (Lipinski definition) is 2. The zero-order valence-electron chi connectivity index (χ0n) is 12.6. The van der Waals surface area contributed by atoms with Gasteiger partial charge in [0.05, 0.1) is 22.2 Å². The van der Waals surface area contributed by atoms with E-state index in [9.17, 15) is 14.9 Å². The van der Waals surface area contributed by atoms with Crippen LogP contribution in [0.15, 0.2) is 36.4 Å². The van der Waals surface area contributed by atoms with E-state index in [1.165, 1.54) is 18.2 Å². The van der Waals surface area contributed by atoms with Crippen molar-refractivity contribution in [2.24, 2.45) is 0 Å². The molecule has 0 saturated heterocycles. The summed E-state index contributed by atoms with van der Waals surface area (Å²) < 4.78 is 5.46. The molecule has 0 fully saturated rings. The van der Waals surface area contributed by atoms with E-state index in [1.807, 2.05) is 6.07 Å². The van der Waals surface area contributed by atoms with E-state index < -0.39 is 11.0 Å². The van der Waals surface area contributed by atoms with Gasteiger partial charge in [0.15, 0.2) is 6.10 Å². The maximum Gasteiger partial charge on any atom is 0.293 e. The highest BCUT2D eigenvalue weighted by Gasteiger charge is 2.24. The van der Waals surface area contributed by atoms with E-state index in [2.05, 4.69) is 10.6 Å². The fourth-order valence-corrected chi connectivity index (χ4v) is 2.30. The molecule has 0 saturated carbocycles. The number of nitro groups is 1. The number of carbonyl (C=O) groups is 1. The lowest BCUT2D eigenvalue weighted by Gasteiger charge is -2.23. The summed E-state index contributed by atoms with van der Waals surface area (Å²) in [7, 11) is 0. The Labute approximate surface area is 136 Å². The minimum absolute atomic E-state index is 0.201. The molecule has 0 aromatic heterocycles. The number of carbonyl (C=O) groups excluding carboxylic acids is 1. The number of ether oxygens (including phenoxy) is 1. The molecule has 1 atom stereocenters. The number of rotatable bonds is 3. The molecule has 2 aromatic carbocycles. The maximum atomic E-state index is 11.7. The second-order valence-electron chi connectivity index (χ2n) is 5.19. The molecule has 0 bridgehead atoms. The molecule has 2 N–H and O–H groups in total. The van der Waals surface area contributed by atoms with E-state index in [4.69, 9.17) is 10.00 Å². The highest BCUT2D eigenvalue weighted by Crippen LogP contribution is 2.35. The molecule has 8 heteroatoms. The van der Waals surface area contributed by atoms with Gasteiger partial charge in [0.2, 0.25) is 0 Å². The highest BCUT2D eigenvalue weighted by atomic mass is 16.6. The topological polar surface area (TPSA) is 117 Å². The molecule has 8 nitrogen and oxygen atoms in total. The van der Waals surface area contributed by atoms with Crippen LogP contribution in [0, 0.1) is 21.4 Å². The van der Waals surface area contributed by atoms with Gasteiger partial charge in [-0.05, 0) is 37.3 Å². The number of nitriles is 1. The number of anilines is 3. The van der Waals surface area contributed by atoms with Crippen LogP contribution in [0.2, 0.25) is 0 Å². The number of nitro benzene ring substituents is 1. The minimum atomic E-state index is -0.573. The van der Waals surface area contributed by atoms with Crippen molar-refractivity contribution in [1.82, 2.24) is 0 Å². The Kier molecular flexibility index (Phi) is 3.75. The van der Waals surface area contributed by atoms with Crippen LogP contribution < -0.4 is 15.4 Å². The van der Waals surface area contributed by atoms with E-state index >= 15 is 0 Å². The average Bonchev–Trinajstić information content (AvgIpc) is 2.56. The van der Waals surface area contributed by atoms with Crippen molar-refractivity contribution in [2.45, 2.75) is 13.0 Å². The van der Waals surface area contributed by atoms with Crippen LogP contribution in [0.4, 0.5) is 22.7 Å². The van der Waals surface area contributed by atoms with Gasteiger partial charge in [0, 0.05) is 11.8 Å². The smallest absolute Gasteiger partial charge is 0.293 e. The lowest BCUT2D eigenvalue weighted by molar-refractivity contribution is -0.383. The van der Waals surface area contributed by atoms with Gasteiger partial charge in [-0.15, -0.1) is 0 Å². The first-order valence-corrected chi connectivity index (χ1v) is 7.05. The summed E-state index contributed by atoms with van der Waals surface area (Å²) in [4.78, 5) is 22.3. The molecular formula is C16H12N4O4. The summed E-state index contributed by atoms with van der Waals surface area (Å²) in [6, 6.07) is 11.0.